The lowest BCUT2D eigenvalue weighted by Gasteiger charge is -2.19. The Balaban J connectivity index is 1.87. The van der Waals surface area contributed by atoms with Gasteiger partial charge in [-0.3, -0.25) is 9.59 Å². The average Bonchev–Trinajstić information content (AvgIpc) is 2.60. The highest BCUT2D eigenvalue weighted by Crippen LogP contribution is 2.32. The third-order valence-corrected chi connectivity index (χ3v) is 3.53. The first kappa shape index (κ1) is 15.7. The number of ether oxygens (including phenoxy) is 3. The summed E-state index contributed by atoms with van der Waals surface area (Å²) < 4.78 is 15.8. The molecular formula is C17H16N2O5. The number of benzene rings is 2. The predicted octanol–water partition coefficient (Wildman–Crippen LogP) is 2.29. The number of carbonyl (C=O) groups excluding carboxylic acids is 2. The molecule has 0 fully saturated rings. The molecular weight excluding hydrogens is 312 g/mol. The molecule has 2 N–H and O–H groups in total. The molecule has 0 aromatic heterocycles. The number of fused-ring (bicyclic) bond motifs is 1. The Kier molecular flexibility index (Phi) is 4.24. The molecule has 1 aliphatic heterocycles. The zero-order valence-corrected chi connectivity index (χ0v) is 13.2. The van der Waals surface area contributed by atoms with E-state index in [-0.39, 0.29) is 18.4 Å². The lowest BCUT2D eigenvalue weighted by Crippen LogP contribution is -2.25. The van der Waals surface area contributed by atoms with Crippen molar-refractivity contribution in [2.24, 2.45) is 0 Å². The van der Waals surface area contributed by atoms with Gasteiger partial charge >= 0.3 is 0 Å². The van der Waals surface area contributed by atoms with Gasteiger partial charge in [0, 0.05) is 11.8 Å². The van der Waals surface area contributed by atoms with Crippen molar-refractivity contribution in [3.8, 4) is 17.2 Å². The second kappa shape index (κ2) is 6.49. The molecule has 0 unspecified atom stereocenters. The summed E-state index contributed by atoms with van der Waals surface area (Å²) in [4.78, 5) is 23.9. The summed E-state index contributed by atoms with van der Waals surface area (Å²) in [6, 6.07) is 10.1. The van der Waals surface area contributed by atoms with E-state index in [1.165, 1.54) is 14.2 Å². The lowest BCUT2D eigenvalue weighted by molar-refractivity contribution is -0.118. The maximum Gasteiger partial charge on any atom is 0.263 e. The summed E-state index contributed by atoms with van der Waals surface area (Å²) in [7, 11) is 2.97. The van der Waals surface area contributed by atoms with Gasteiger partial charge in [0.05, 0.1) is 19.9 Å². The van der Waals surface area contributed by atoms with Gasteiger partial charge in [0.25, 0.3) is 11.8 Å². The molecule has 1 heterocycles. The second-order valence-corrected chi connectivity index (χ2v) is 5.04. The molecule has 0 aliphatic carbocycles. The smallest absolute Gasteiger partial charge is 0.263 e. The molecule has 0 radical (unpaired) electrons. The topological polar surface area (TPSA) is 85.9 Å². The van der Waals surface area contributed by atoms with E-state index in [0.29, 0.717) is 34.2 Å². The number of carbonyl (C=O) groups is 2. The van der Waals surface area contributed by atoms with Crippen LogP contribution in [0.5, 0.6) is 17.2 Å². The fourth-order valence-electron chi connectivity index (χ4n) is 2.42. The molecule has 1 aliphatic rings. The van der Waals surface area contributed by atoms with E-state index in [1.807, 2.05) is 0 Å². The van der Waals surface area contributed by atoms with Crippen LogP contribution in [0, 0.1) is 0 Å². The van der Waals surface area contributed by atoms with Crippen molar-refractivity contribution >= 4 is 23.2 Å². The summed E-state index contributed by atoms with van der Waals surface area (Å²) in [6.07, 6.45) is 0. The quantitative estimate of drug-likeness (QED) is 0.899. The highest BCUT2D eigenvalue weighted by molar-refractivity contribution is 6.08. The van der Waals surface area contributed by atoms with Crippen LogP contribution in [0.2, 0.25) is 0 Å². The van der Waals surface area contributed by atoms with Gasteiger partial charge in [0.15, 0.2) is 6.61 Å². The van der Waals surface area contributed by atoms with Crippen molar-refractivity contribution in [2.75, 3.05) is 31.5 Å². The molecule has 2 aromatic carbocycles. The molecule has 7 heteroatoms. The van der Waals surface area contributed by atoms with E-state index in [4.69, 9.17) is 14.2 Å². The van der Waals surface area contributed by atoms with Gasteiger partial charge in [-0.05, 0) is 24.3 Å². The first-order chi connectivity index (χ1) is 11.6. The number of rotatable bonds is 4. The molecule has 124 valence electrons. The first-order valence-electron chi connectivity index (χ1n) is 7.21. The summed E-state index contributed by atoms with van der Waals surface area (Å²) in [5.41, 5.74) is 1.40. The van der Waals surface area contributed by atoms with Crippen molar-refractivity contribution in [3.63, 3.8) is 0 Å². The van der Waals surface area contributed by atoms with Gasteiger partial charge < -0.3 is 24.8 Å². The maximum absolute atomic E-state index is 12.6. The largest absolute Gasteiger partial charge is 0.496 e. The molecule has 0 saturated heterocycles. The van der Waals surface area contributed by atoms with Crippen LogP contribution in [0.3, 0.4) is 0 Å². The fourth-order valence-corrected chi connectivity index (χ4v) is 2.42. The molecule has 0 spiro atoms. The first-order valence-corrected chi connectivity index (χ1v) is 7.21. The Morgan fingerprint density at radius 2 is 1.88 bits per heavy atom. The van der Waals surface area contributed by atoms with Crippen LogP contribution in [0.25, 0.3) is 0 Å². The summed E-state index contributed by atoms with van der Waals surface area (Å²) in [5.74, 6) is 0.739. The van der Waals surface area contributed by atoms with E-state index in [0.717, 1.165) is 0 Å². The van der Waals surface area contributed by atoms with E-state index in [9.17, 15) is 9.59 Å². The third kappa shape index (κ3) is 2.96. The van der Waals surface area contributed by atoms with Crippen LogP contribution in [0.1, 0.15) is 10.4 Å². The van der Waals surface area contributed by atoms with E-state index >= 15 is 0 Å². The molecule has 0 saturated carbocycles. The van der Waals surface area contributed by atoms with Crippen LogP contribution >= 0.6 is 0 Å². The van der Waals surface area contributed by atoms with E-state index < -0.39 is 0 Å². The van der Waals surface area contributed by atoms with Gasteiger partial charge in [-0.1, -0.05) is 6.07 Å². The van der Waals surface area contributed by atoms with Gasteiger partial charge in [-0.2, -0.15) is 0 Å². The van der Waals surface area contributed by atoms with Crippen LogP contribution in [-0.4, -0.2) is 32.6 Å². The Morgan fingerprint density at radius 3 is 2.54 bits per heavy atom. The minimum atomic E-state index is -0.371. The third-order valence-electron chi connectivity index (χ3n) is 3.53. The van der Waals surface area contributed by atoms with Crippen molar-refractivity contribution in [1.82, 2.24) is 0 Å². The summed E-state index contributed by atoms with van der Waals surface area (Å²) in [5, 5.41) is 5.47. The fraction of sp³-hybridized carbons (Fsp3) is 0.176. The Hall–Kier alpha value is -3.22. The lowest BCUT2D eigenvalue weighted by atomic mass is 10.1. The standard InChI is InChI=1S/C17H16N2O5/c1-22-12-4-3-5-13(23-2)16(12)17(21)18-10-6-7-11-14(8-10)24-9-15(20)19-11/h3-8H,9H2,1-2H3,(H,18,21)(H,19,20). The van der Waals surface area contributed by atoms with Crippen molar-refractivity contribution in [3.05, 3.63) is 42.0 Å². The minimum absolute atomic E-state index is 0.0509. The van der Waals surface area contributed by atoms with Crippen molar-refractivity contribution in [1.29, 1.82) is 0 Å². The van der Waals surface area contributed by atoms with Crippen LogP contribution in [0.4, 0.5) is 11.4 Å². The monoisotopic (exact) mass is 328 g/mol. The molecule has 2 aromatic rings. The molecule has 0 bridgehead atoms. The van der Waals surface area contributed by atoms with E-state index in [1.54, 1.807) is 36.4 Å². The molecule has 3 rings (SSSR count). The number of anilines is 2. The molecule has 24 heavy (non-hydrogen) atoms. The zero-order valence-electron chi connectivity index (χ0n) is 13.2. The van der Waals surface area contributed by atoms with Crippen molar-refractivity contribution in [2.45, 2.75) is 0 Å². The minimum Gasteiger partial charge on any atom is -0.496 e. The highest BCUT2D eigenvalue weighted by Gasteiger charge is 2.20. The van der Waals surface area contributed by atoms with Crippen LogP contribution < -0.4 is 24.8 Å². The molecule has 0 atom stereocenters. The predicted molar refractivity (Wildman–Crippen MR) is 88.1 cm³/mol. The Bertz CT molecular complexity index is 781. The summed E-state index contributed by atoms with van der Waals surface area (Å²) >= 11 is 0. The van der Waals surface area contributed by atoms with Gasteiger partial charge in [0.1, 0.15) is 22.8 Å². The number of amides is 2. The number of methoxy groups -OCH3 is 2. The number of nitrogens with one attached hydrogen (secondary N) is 2. The maximum atomic E-state index is 12.6. The van der Waals surface area contributed by atoms with Gasteiger partial charge in [0.2, 0.25) is 0 Å². The SMILES string of the molecule is COc1cccc(OC)c1C(=O)Nc1ccc2c(c1)OCC(=O)N2. The van der Waals surface area contributed by atoms with Crippen molar-refractivity contribution < 1.29 is 23.8 Å². The van der Waals surface area contributed by atoms with Crippen LogP contribution in [-0.2, 0) is 4.79 Å². The van der Waals surface area contributed by atoms with Gasteiger partial charge in [-0.25, -0.2) is 0 Å². The summed E-state index contributed by atoms with van der Waals surface area (Å²) in [6.45, 7) is -0.0509. The second-order valence-electron chi connectivity index (χ2n) is 5.04. The zero-order chi connectivity index (χ0) is 17.1. The Morgan fingerprint density at radius 1 is 1.17 bits per heavy atom. The Labute approximate surface area is 138 Å². The highest BCUT2D eigenvalue weighted by atomic mass is 16.5. The molecule has 7 nitrogen and oxygen atoms in total. The number of hydrogen-bond donors (Lipinski definition) is 2. The van der Waals surface area contributed by atoms with Gasteiger partial charge in [-0.15, -0.1) is 0 Å². The number of hydrogen-bond acceptors (Lipinski definition) is 5. The molecule has 2 amide bonds. The average molecular weight is 328 g/mol. The normalized spacial score (nSPS) is 12.5. The van der Waals surface area contributed by atoms with E-state index in [2.05, 4.69) is 10.6 Å². The van der Waals surface area contributed by atoms with Crippen LogP contribution in [0.15, 0.2) is 36.4 Å².